The second-order valence-electron chi connectivity index (χ2n) is 4.37. The monoisotopic (exact) mass is 294 g/mol. The number of alkyl halides is 3. The van der Waals surface area contributed by atoms with Crippen molar-refractivity contribution in [1.29, 1.82) is 0 Å². The maximum Gasteiger partial charge on any atom is 0.416 e. The zero-order valence-corrected chi connectivity index (χ0v) is 10.9. The summed E-state index contributed by atoms with van der Waals surface area (Å²) < 4.78 is 37.2. The van der Waals surface area contributed by atoms with Gasteiger partial charge in [0.15, 0.2) is 0 Å². The summed E-state index contributed by atoms with van der Waals surface area (Å²) in [6.45, 7) is 0.341. The van der Waals surface area contributed by atoms with Crippen LogP contribution in [-0.4, -0.2) is 6.03 Å². The first-order valence-electron chi connectivity index (χ1n) is 6.21. The predicted molar refractivity (Wildman–Crippen MR) is 73.7 cm³/mol. The van der Waals surface area contributed by atoms with Crippen LogP contribution in [0.5, 0.6) is 0 Å². The van der Waals surface area contributed by atoms with Crippen LogP contribution in [0.2, 0.25) is 0 Å². The van der Waals surface area contributed by atoms with Crippen molar-refractivity contribution in [2.24, 2.45) is 0 Å². The van der Waals surface area contributed by atoms with E-state index in [1.165, 1.54) is 12.1 Å². The minimum absolute atomic E-state index is 0.300. The third-order valence-electron chi connectivity index (χ3n) is 2.77. The Morgan fingerprint density at radius 3 is 2.14 bits per heavy atom. The van der Waals surface area contributed by atoms with E-state index in [2.05, 4.69) is 10.6 Å². The first kappa shape index (κ1) is 14.9. The van der Waals surface area contributed by atoms with Gasteiger partial charge in [-0.1, -0.05) is 30.3 Å². The summed E-state index contributed by atoms with van der Waals surface area (Å²) in [4.78, 5) is 11.6. The molecule has 0 spiro atoms. The van der Waals surface area contributed by atoms with Crippen LogP contribution in [0.1, 0.15) is 11.1 Å². The fourth-order valence-electron chi connectivity index (χ4n) is 1.70. The van der Waals surface area contributed by atoms with Crippen molar-refractivity contribution in [3.05, 3.63) is 65.7 Å². The Balaban J connectivity index is 1.88. The summed E-state index contributed by atoms with van der Waals surface area (Å²) in [5, 5.41) is 5.09. The van der Waals surface area contributed by atoms with Crippen molar-refractivity contribution < 1.29 is 18.0 Å². The number of hydrogen-bond acceptors (Lipinski definition) is 1. The van der Waals surface area contributed by atoms with E-state index in [1.807, 2.05) is 30.3 Å². The largest absolute Gasteiger partial charge is 0.416 e. The topological polar surface area (TPSA) is 41.1 Å². The quantitative estimate of drug-likeness (QED) is 0.881. The molecular weight excluding hydrogens is 281 g/mol. The highest BCUT2D eigenvalue weighted by molar-refractivity contribution is 5.89. The molecule has 0 radical (unpaired) electrons. The lowest BCUT2D eigenvalue weighted by Gasteiger charge is -2.10. The molecule has 0 aromatic heterocycles. The van der Waals surface area contributed by atoms with Gasteiger partial charge in [-0.3, -0.25) is 0 Å². The van der Waals surface area contributed by atoms with Crippen molar-refractivity contribution >= 4 is 11.7 Å². The van der Waals surface area contributed by atoms with Gasteiger partial charge >= 0.3 is 12.2 Å². The zero-order valence-electron chi connectivity index (χ0n) is 10.9. The van der Waals surface area contributed by atoms with Crippen molar-refractivity contribution in [2.75, 3.05) is 5.32 Å². The van der Waals surface area contributed by atoms with Crippen LogP contribution < -0.4 is 10.6 Å². The summed E-state index contributed by atoms with van der Waals surface area (Å²) in [6.07, 6.45) is -4.38. The highest BCUT2D eigenvalue weighted by atomic mass is 19.4. The summed E-state index contributed by atoms with van der Waals surface area (Å²) >= 11 is 0. The Labute approximate surface area is 119 Å². The Kier molecular flexibility index (Phi) is 4.47. The number of rotatable bonds is 3. The molecule has 3 nitrogen and oxygen atoms in total. The number of halogens is 3. The van der Waals surface area contributed by atoms with E-state index in [1.54, 1.807) is 0 Å². The molecule has 0 fully saturated rings. The van der Waals surface area contributed by atoms with E-state index in [4.69, 9.17) is 0 Å². The van der Waals surface area contributed by atoms with Crippen molar-refractivity contribution in [1.82, 2.24) is 5.32 Å². The van der Waals surface area contributed by atoms with Gasteiger partial charge in [0.1, 0.15) is 0 Å². The van der Waals surface area contributed by atoms with Crippen LogP contribution in [0.4, 0.5) is 23.7 Å². The average molecular weight is 294 g/mol. The molecule has 0 saturated carbocycles. The van der Waals surface area contributed by atoms with Gasteiger partial charge in [-0.15, -0.1) is 0 Å². The van der Waals surface area contributed by atoms with Crippen molar-refractivity contribution in [3.63, 3.8) is 0 Å². The van der Waals surface area contributed by atoms with E-state index < -0.39 is 17.8 Å². The van der Waals surface area contributed by atoms with E-state index in [0.29, 0.717) is 12.2 Å². The Morgan fingerprint density at radius 2 is 1.57 bits per heavy atom. The fraction of sp³-hybridized carbons (Fsp3) is 0.133. The summed E-state index contributed by atoms with van der Waals surface area (Å²) in [6, 6.07) is 13.1. The molecule has 0 saturated heterocycles. The highest BCUT2D eigenvalue weighted by Crippen LogP contribution is 2.29. The highest BCUT2D eigenvalue weighted by Gasteiger charge is 2.29. The molecule has 2 N–H and O–H groups in total. The van der Waals surface area contributed by atoms with Crippen LogP contribution in [0.25, 0.3) is 0 Å². The minimum atomic E-state index is -4.38. The van der Waals surface area contributed by atoms with Gasteiger partial charge in [0.05, 0.1) is 5.56 Å². The molecule has 6 heteroatoms. The Hall–Kier alpha value is -2.50. The Bertz CT molecular complexity index is 595. The van der Waals surface area contributed by atoms with E-state index in [0.717, 1.165) is 17.7 Å². The van der Waals surface area contributed by atoms with Gasteiger partial charge in [0.25, 0.3) is 0 Å². The number of urea groups is 1. The third-order valence-corrected chi connectivity index (χ3v) is 2.77. The minimum Gasteiger partial charge on any atom is -0.334 e. The first-order chi connectivity index (χ1) is 9.95. The summed E-state index contributed by atoms with van der Waals surface area (Å²) in [5.74, 6) is 0. The lowest BCUT2D eigenvalue weighted by molar-refractivity contribution is -0.137. The van der Waals surface area contributed by atoms with Crippen LogP contribution in [0, 0.1) is 0 Å². The molecule has 0 aliphatic carbocycles. The van der Waals surface area contributed by atoms with Crippen molar-refractivity contribution in [3.8, 4) is 0 Å². The fourth-order valence-corrected chi connectivity index (χ4v) is 1.70. The molecule has 0 atom stereocenters. The molecule has 0 unspecified atom stereocenters. The number of anilines is 1. The molecule has 0 aliphatic heterocycles. The molecule has 0 heterocycles. The van der Waals surface area contributed by atoms with Crippen molar-refractivity contribution in [2.45, 2.75) is 12.7 Å². The maximum absolute atomic E-state index is 12.4. The first-order valence-corrected chi connectivity index (χ1v) is 6.21. The molecule has 2 aromatic carbocycles. The smallest absolute Gasteiger partial charge is 0.334 e. The van der Waals surface area contributed by atoms with Gasteiger partial charge in [-0.2, -0.15) is 13.2 Å². The van der Waals surface area contributed by atoms with E-state index in [9.17, 15) is 18.0 Å². The summed E-state index contributed by atoms with van der Waals surface area (Å²) in [7, 11) is 0. The van der Waals surface area contributed by atoms with Gasteiger partial charge in [-0.05, 0) is 29.8 Å². The number of carbonyl (C=O) groups excluding carboxylic acids is 1. The van der Waals surface area contributed by atoms with Crippen LogP contribution in [0.3, 0.4) is 0 Å². The third kappa shape index (κ3) is 4.52. The van der Waals surface area contributed by atoms with E-state index >= 15 is 0 Å². The predicted octanol–water partition coefficient (Wildman–Crippen LogP) is 4.03. The summed E-state index contributed by atoms with van der Waals surface area (Å²) in [5.41, 5.74) is 0.478. The molecule has 2 aromatic rings. The number of benzene rings is 2. The molecular formula is C15H13F3N2O. The number of hydrogen-bond donors (Lipinski definition) is 2. The van der Waals surface area contributed by atoms with Gasteiger partial charge in [0.2, 0.25) is 0 Å². The second-order valence-corrected chi connectivity index (χ2v) is 4.37. The number of nitrogens with one attached hydrogen (secondary N) is 2. The lowest BCUT2D eigenvalue weighted by atomic mass is 10.2. The molecule has 0 bridgehead atoms. The van der Waals surface area contributed by atoms with Crippen LogP contribution in [0.15, 0.2) is 54.6 Å². The number of amides is 2. The molecule has 0 aliphatic rings. The normalized spacial score (nSPS) is 11.0. The maximum atomic E-state index is 12.4. The number of carbonyl (C=O) groups is 1. The van der Waals surface area contributed by atoms with Crippen LogP contribution in [-0.2, 0) is 12.7 Å². The van der Waals surface area contributed by atoms with Gasteiger partial charge in [0, 0.05) is 12.2 Å². The molecule has 2 amide bonds. The average Bonchev–Trinajstić information content (AvgIpc) is 2.46. The lowest BCUT2D eigenvalue weighted by Crippen LogP contribution is -2.28. The van der Waals surface area contributed by atoms with E-state index in [-0.39, 0.29) is 0 Å². The standard InChI is InChI=1S/C15H13F3N2O/c16-15(17,18)12-6-8-13(9-7-12)20-14(21)19-10-11-4-2-1-3-5-11/h1-9H,10H2,(H2,19,20,21). The zero-order chi connectivity index (χ0) is 15.3. The second kappa shape index (κ2) is 6.30. The molecule has 2 rings (SSSR count). The van der Waals surface area contributed by atoms with Gasteiger partial charge in [-0.25, -0.2) is 4.79 Å². The Morgan fingerprint density at radius 1 is 0.952 bits per heavy atom. The molecule has 21 heavy (non-hydrogen) atoms. The SMILES string of the molecule is O=C(NCc1ccccc1)Nc1ccc(C(F)(F)F)cc1. The van der Waals surface area contributed by atoms with Crippen LogP contribution >= 0.6 is 0 Å². The van der Waals surface area contributed by atoms with Gasteiger partial charge < -0.3 is 10.6 Å². The molecule has 110 valence electrons.